The summed E-state index contributed by atoms with van der Waals surface area (Å²) in [5.74, 6) is 0. The summed E-state index contributed by atoms with van der Waals surface area (Å²) < 4.78 is 0. The molecule has 1 aliphatic carbocycles. The fourth-order valence-corrected chi connectivity index (χ4v) is 4.23. The van der Waals surface area contributed by atoms with Crippen LogP contribution >= 0.6 is 0 Å². The molecule has 0 spiro atoms. The molecule has 1 atom stereocenters. The monoisotopic (exact) mass is 196 g/mol. The van der Waals surface area contributed by atoms with Gasteiger partial charge in [0.25, 0.3) is 0 Å². The minimum absolute atomic E-state index is 0.251. The Kier molecular flexibility index (Phi) is 6.61. The van der Waals surface area contributed by atoms with Gasteiger partial charge in [-0.3, -0.25) is 0 Å². The molecular formula is C12H24Si. The van der Waals surface area contributed by atoms with Crippen molar-refractivity contribution >= 4 is 9.52 Å². The highest BCUT2D eigenvalue weighted by atomic mass is 28.2. The number of unbranched alkanes of at least 4 members (excludes halogenated alkanes) is 3. The lowest BCUT2D eigenvalue weighted by atomic mass is 10.0. The van der Waals surface area contributed by atoms with E-state index in [0.717, 1.165) is 5.54 Å². The maximum Gasteiger partial charge on any atom is 0.0235 e. The van der Waals surface area contributed by atoms with Crippen molar-refractivity contribution in [1.82, 2.24) is 0 Å². The highest BCUT2D eigenvalue weighted by molar-refractivity contribution is 6.38. The predicted molar refractivity (Wildman–Crippen MR) is 63.7 cm³/mol. The summed E-state index contributed by atoms with van der Waals surface area (Å²) in [6.07, 6.45) is 15.1. The summed E-state index contributed by atoms with van der Waals surface area (Å²) in [5.41, 5.74) is 1.07. The standard InChI is InChI=1S/C12H24Si/c1-2-3-4-8-11-13-12-9-6-5-7-10-12/h6,10,12H,2-5,7-9,11,13H2,1H3. The van der Waals surface area contributed by atoms with Crippen molar-refractivity contribution in [2.24, 2.45) is 0 Å². The molecule has 0 aromatic heterocycles. The maximum absolute atomic E-state index is 2.60. The Bertz CT molecular complexity index is 106. The van der Waals surface area contributed by atoms with E-state index in [1.807, 2.05) is 0 Å². The second-order valence-corrected chi connectivity index (χ2v) is 6.63. The van der Waals surface area contributed by atoms with Gasteiger partial charge in [0.2, 0.25) is 0 Å². The van der Waals surface area contributed by atoms with Gasteiger partial charge in [-0.15, -0.1) is 0 Å². The average molecular weight is 196 g/mol. The first kappa shape index (κ1) is 11.3. The first-order valence-electron chi connectivity index (χ1n) is 6.08. The van der Waals surface area contributed by atoms with Crippen LogP contribution in [0.2, 0.25) is 11.6 Å². The Morgan fingerprint density at radius 3 is 2.85 bits per heavy atom. The van der Waals surface area contributed by atoms with Crippen molar-refractivity contribution in [2.45, 2.75) is 63.5 Å². The van der Waals surface area contributed by atoms with Gasteiger partial charge in [-0.1, -0.05) is 38.7 Å². The molecule has 1 aliphatic rings. The van der Waals surface area contributed by atoms with Crippen molar-refractivity contribution in [3.8, 4) is 0 Å². The second kappa shape index (κ2) is 7.60. The quantitative estimate of drug-likeness (QED) is 0.450. The van der Waals surface area contributed by atoms with E-state index in [4.69, 9.17) is 0 Å². The lowest BCUT2D eigenvalue weighted by Gasteiger charge is -2.20. The van der Waals surface area contributed by atoms with Gasteiger partial charge < -0.3 is 0 Å². The third-order valence-corrected chi connectivity index (χ3v) is 5.34. The Balaban J connectivity index is 1.86. The maximum atomic E-state index is 2.60. The number of hydrogen-bond donors (Lipinski definition) is 0. The van der Waals surface area contributed by atoms with Crippen LogP contribution in [0.25, 0.3) is 0 Å². The lowest BCUT2D eigenvalue weighted by Crippen LogP contribution is -2.08. The molecule has 0 saturated heterocycles. The fraction of sp³-hybridized carbons (Fsp3) is 0.833. The zero-order valence-electron chi connectivity index (χ0n) is 9.10. The van der Waals surface area contributed by atoms with Gasteiger partial charge >= 0.3 is 0 Å². The molecule has 1 rings (SSSR count). The minimum Gasteiger partial charge on any atom is -0.0654 e. The summed E-state index contributed by atoms with van der Waals surface area (Å²) >= 11 is 0. The van der Waals surface area contributed by atoms with Crippen LogP contribution in [0, 0.1) is 12.8 Å². The molecule has 1 unspecified atom stereocenters. The number of hydrogen-bond acceptors (Lipinski definition) is 0. The van der Waals surface area contributed by atoms with Gasteiger partial charge in [0.05, 0.1) is 0 Å². The van der Waals surface area contributed by atoms with Crippen molar-refractivity contribution in [3.63, 3.8) is 0 Å². The van der Waals surface area contributed by atoms with Crippen molar-refractivity contribution < 1.29 is 0 Å². The summed E-state index contributed by atoms with van der Waals surface area (Å²) in [5, 5.41) is 0. The molecule has 0 heterocycles. The molecule has 0 bridgehead atoms. The minimum atomic E-state index is 0.251. The molecule has 0 aromatic rings. The van der Waals surface area contributed by atoms with Crippen molar-refractivity contribution in [3.05, 3.63) is 12.8 Å². The molecule has 0 aromatic carbocycles. The number of rotatable bonds is 6. The van der Waals surface area contributed by atoms with Crippen LogP contribution in [0.3, 0.4) is 0 Å². The zero-order valence-corrected chi connectivity index (χ0v) is 10.5. The van der Waals surface area contributed by atoms with Crippen LogP contribution in [0.1, 0.15) is 51.9 Å². The molecule has 2 radical (unpaired) electrons. The van der Waals surface area contributed by atoms with Crippen molar-refractivity contribution in [2.75, 3.05) is 0 Å². The van der Waals surface area contributed by atoms with Gasteiger partial charge in [0.1, 0.15) is 0 Å². The largest absolute Gasteiger partial charge is 0.0654 e. The van der Waals surface area contributed by atoms with E-state index in [1.165, 1.54) is 44.9 Å². The van der Waals surface area contributed by atoms with Crippen LogP contribution in [0.4, 0.5) is 0 Å². The van der Waals surface area contributed by atoms with Gasteiger partial charge in [-0.25, -0.2) is 0 Å². The van der Waals surface area contributed by atoms with Gasteiger partial charge in [-0.2, -0.15) is 0 Å². The first-order valence-corrected chi connectivity index (χ1v) is 7.90. The molecule has 0 amide bonds. The van der Waals surface area contributed by atoms with E-state index in [9.17, 15) is 0 Å². The molecule has 1 fully saturated rings. The average Bonchev–Trinajstić information content (AvgIpc) is 2.19. The normalized spacial score (nSPS) is 20.1. The van der Waals surface area contributed by atoms with Crippen LogP contribution < -0.4 is 0 Å². The molecule has 1 heteroatoms. The Hall–Kier alpha value is 0.217. The van der Waals surface area contributed by atoms with E-state index in [0.29, 0.717) is 0 Å². The van der Waals surface area contributed by atoms with E-state index in [-0.39, 0.29) is 9.52 Å². The van der Waals surface area contributed by atoms with E-state index in [1.54, 1.807) is 6.04 Å². The summed E-state index contributed by atoms with van der Waals surface area (Å²) in [6.45, 7) is 2.29. The topological polar surface area (TPSA) is 0 Å². The molecule has 13 heavy (non-hydrogen) atoms. The smallest absolute Gasteiger partial charge is 0.0235 e. The highest BCUT2D eigenvalue weighted by Gasteiger charge is 2.13. The predicted octanol–water partition coefficient (Wildman–Crippen LogP) is 3.53. The molecule has 76 valence electrons. The highest BCUT2D eigenvalue weighted by Crippen LogP contribution is 2.27. The second-order valence-electron chi connectivity index (χ2n) is 4.30. The third kappa shape index (κ3) is 5.51. The van der Waals surface area contributed by atoms with Crippen molar-refractivity contribution in [1.29, 1.82) is 0 Å². The van der Waals surface area contributed by atoms with E-state index < -0.39 is 0 Å². The molecule has 0 N–H and O–H groups in total. The first-order chi connectivity index (χ1) is 6.43. The fourth-order valence-electron chi connectivity index (χ4n) is 2.12. The molecule has 1 saturated carbocycles. The SMILES string of the molecule is CCCCCC[SiH2]C1[CH]CC[CH]C1. The lowest BCUT2D eigenvalue weighted by molar-refractivity contribution is 0.683. The summed E-state index contributed by atoms with van der Waals surface area (Å²) in [4.78, 5) is 0. The van der Waals surface area contributed by atoms with Gasteiger partial charge in [0, 0.05) is 9.52 Å². The zero-order chi connectivity index (χ0) is 9.36. The van der Waals surface area contributed by atoms with Crippen LogP contribution in [0.5, 0.6) is 0 Å². The third-order valence-electron chi connectivity index (χ3n) is 3.02. The summed E-state index contributed by atoms with van der Waals surface area (Å²) in [6, 6.07) is 1.59. The summed E-state index contributed by atoms with van der Waals surface area (Å²) in [7, 11) is 0.251. The van der Waals surface area contributed by atoms with Gasteiger partial charge in [-0.05, 0) is 37.6 Å². The molecule has 0 nitrogen and oxygen atoms in total. The van der Waals surface area contributed by atoms with E-state index in [2.05, 4.69) is 19.8 Å². The Labute approximate surface area is 86.3 Å². The van der Waals surface area contributed by atoms with Crippen LogP contribution in [0.15, 0.2) is 0 Å². The molecular weight excluding hydrogens is 172 g/mol. The Morgan fingerprint density at radius 1 is 1.23 bits per heavy atom. The van der Waals surface area contributed by atoms with Crippen LogP contribution in [-0.2, 0) is 0 Å². The Morgan fingerprint density at radius 2 is 2.15 bits per heavy atom. The van der Waals surface area contributed by atoms with Crippen LogP contribution in [-0.4, -0.2) is 9.52 Å². The van der Waals surface area contributed by atoms with Gasteiger partial charge in [0.15, 0.2) is 0 Å². The van der Waals surface area contributed by atoms with E-state index >= 15 is 0 Å². The molecule has 0 aliphatic heterocycles.